The minimum atomic E-state index is 0.227. The first-order valence-electron chi connectivity index (χ1n) is 12.3. The van der Waals surface area contributed by atoms with Crippen molar-refractivity contribution in [3.63, 3.8) is 0 Å². The Balaban J connectivity index is 1.32. The minimum Gasteiger partial charge on any atom is -0.379 e. The molecule has 0 unspecified atom stereocenters. The molecule has 1 aromatic rings. The van der Waals surface area contributed by atoms with Gasteiger partial charge in [-0.15, -0.1) is 0 Å². The summed E-state index contributed by atoms with van der Waals surface area (Å²) in [6, 6.07) is 4.30. The molecule has 178 valence electrons. The Morgan fingerprint density at radius 3 is 2.53 bits per heavy atom. The quantitative estimate of drug-likeness (QED) is 0.511. The second-order valence-electron chi connectivity index (χ2n) is 9.48. The summed E-state index contributed by atoms with van der Waals surface area (Å²) in [7, 11) is 4.04. The molecule has 0 amide bonds. The molecule has 1 aromatic heterocycles. The average molecular weight is 444 g/mol. The number of anilines is 1. The summed E-state index contributed by atoms with van der Waals surface area (Å²) in [6.45, 7) is 9.72. The topological polar surface area (TPSA) is 68.3 Å². The van der Waals surface area contributed by atoms with Crippen LogP contribution in [0.2, 0.25) is 0 Å². The number of likely N-dealkylation sites (N-methyl/N-ethyl adjacent to an activating group) is 1. The Hall–Kier alpha value is -1.90. The van der Waals surface area contributed by atoms with Crippen molar-refractivity contribution in [3.8, 4) is 0 Å². The second-order valence-corrected chi connectivity index (χ2v) is 9.48. The van der Waals surface area contributed by atoms with Gasteiger partial charge in [0.2, 0.25) is 0 Å². The van der Waals surface area contributed by atoms with Crippen LogP contribution in [0, 0.1) is 0 Å². The van der Waals surface area contributed by atoms with Crippen molar-refractivity contribution < 1.29 is 4.74 Å². The van der Waals surface area contributed by atoms with E-state index in [1.54, 1.807) is 0 Å². The SMILES string of the molecule is CN=C(NCc1ccnc(N2CCN(C)CC2)c1)NCC1(N2CCOCC2)CCCCC1. The van der Waals surface area contributed by atoms with Gasteiger partial charge in [0.1, 0.15) is 5.82 Å². The van der Waals surface area contributed by atoms with Gasteiger partial charge < -0.3 is 25.2 Å². The molecule has 3 fully saturated rings. The van der Waals surface area contributed by atoms with Crippen LogP contribution in [0.4, 0.5) is 5.82 Å². The third-order valence-electron chi connectivity index (χ3n) is 7.37. The number of pyridine rings is 1. The van der Waals surface area contributed by atoms with E-state index in [0.29, 0.717) is 0 Å². The number of rotatable bonds is 6. The molecule has 8 nitrogen and oxygen atoms in total. The summed E-state index contributed by atoms with van der Waals surface area (Å²) in [6.07, 6.45) is 8.44. The Morgan fingerprint density at radius 1 is 1.06 bits per heavy atom. The fourth-order valence-electron chi connectivity index (χ4n) is 5.29. The first kappa shape index (κ1) is 23.3. The lowest BCUT2D eigenvalue weighted by Crippen LogP contribution is -2.60. The highest BCUT2D eigenvalue weighted by Crippen LogP contribution is 2.33. The number of nitrogens with one attached hydrogen (secondary N) is 2. The molecule has 1 aliphatic carbocycles. The molecule has 0 atom stereocenters. The monoisotopic (exact) mass is 443 g/mol. The number of hydrogen-bond acceptors (Lipinski definition) is 6. The van der Waals surface area contributed by atoms with Crippen molar-refractivity contribution in [2.75, 3.05) is 78.0 Å². The molecular formula is C24H41N7O. The van der Waals surface area contributed by atoms with Crippen LogP contribution in [0.25, 0.3) is 0 Å². The molecule has 3 heterocycles. The average Bonchev–Trinajstić information content (AvgIpc) is 2.86. The van der Waals surface area contributed by atoms with E-state index in [1.165, 1.54) is 37.7 Å². The highest BCUT2D eigenvalue weighted by atomic mass is 16.5. The van der Waals surface area contributed by atoms with E-state index in [4.69, 9.17) is 4.74 Å². The highest BCUT2D eigenvalue weighted by Gasteiger charge is 2.38. The lowest BCUT2D eigenvalue weighted by atomic mass is 9.80. The summed E-state index contributed by atoms with van der Waals surface area (Å²) in [4.78, 5) is 16.5. The molecule has 0 spiro atoms. The van der Waals surface area contributed by atoms with Crippen molar-refractivity contribution in [1.29, 1.82) is 0 Å². The Bertz CT molecular complexity index is 736. The lowest BCUT2D eigenvalue weighted by Gasteiger charge is -2.48. The standard InChI is InChI=1S/C24H41N7O/c1-25-23(28-20-24(7-4-3-5-8-24)31-14-16-32-17-15-31)27-19-21-6-9-26-22(18-21)30-12-10-29(2)11-13-30/h6,9,18H,3-5,7-8,10-17,19-20H2,1-2H3,(H2,25,27,28). The molecule has 0 bridgehead atoms. The molecule has 2 aliphatic heterocycles. The summed E-state index contributed by atoms with van der Waals surface area (Å²) >= 11 is 0. The fourth-order valence-corrected chi connectivity index (χ4v) is 5.29. The molecule has 0 aromatic carbocycles. The predicted octanol–water partition coefficient (Wildman–Crippen LogP) is 1.53. The van der Waals surface area contributed by atoms with Gasteiger partial charge in [0, 0.05) is 71.1 Å². The smallest absolute Gasteiger partial charge is 0.191 e. The van der Waals surface area contributed by atoms with Crippen molar-refractivity contribution in [3.05, 3.63) is 23.9 Å². The minimum absolute atomic E-state index is 0.227. The van der Waals surface area contributed by atoms with Crippen molar-refractivity contribution in [2.24, 2.45) is 4.99 Å². The normalized spacial score (nSPS) is 23.2. The zero-order valence-corrected chi connectivity index (χ0v) is 20.0. The van der Waals surface area contributed by atoms with E-state index in [0.717, 1.165) is 77.3 Å². The van der Waals surface area contributed by atoms with Crippen LogP contribution in [0.3, 0.4) is 0 Å². The number of morpholine rings is 1. The maximum Gasteiger partial charge on any atom is 0.191 e. The van der Waals surface area contributed by atoms with Gasteiger partial charge in [0.05, 0.1) is 13.2 Å². The van der Waals surface area contributed by atoms with E-state index >= 15 is 0 Å². The molecule has 32 heavy (non-hydrogen) atoms. The summed E-state index contributed by atoms with van der Waals surface area (Å²) in [5.74, 6) is 1.95. The lowest BCUT2D eigenvalue weighted by molar-refractivity contribution is -0.0352. The van der Waals surface area contributed by atoms with E-state index < -0.39 is 0 Å². The van der Waals surface area contributed by atoms with Crippen LogP contribution in [-0.4, -0.2) is 99.4 Å². The molecule has 2 N–H and O–H groups in total. The Morgan fingerprint density at radius 2 is 1.81 bits per heavy atom. The number of hydrogen-bond donors (Lipinski definition) is 2. The first-order chi connectivity index (χ1) is 15.7. The zero-order chi connectivity index (χ0) is 22.2. The number of ether oxygens (including phenoxy) is 1. The number of piperazine rings is 1. The maximum atomic E-state index is 5.62. The Labute approximate surface area is 193 Å². The van der Waals surface area contributed by atoms with Gasteiger partial charge in [-0.3, -0.25) is 9.89 Å². The third kappa shape index (κ3) is 5.91. The fraction of sp³-hybridized carbons (Fsp3) is 0.750. The Kier molecular flexibility index (Phi) is 8.21. The van der Waals surface area contributed by atoms with Crippen LogP contribution >= 0.6 is 0 Å². The maximum absolute atomic E-state index is 5.62. The molecule has 0 radical (unpaired) electrons. The van der Waals surface area contributed by atoms with Gasteiger partial charge >= 0.3 is 0 Å². The molecule has 8 heteroatoms. The molecular weight excluding hydrogens is 402 g/mol. The van der Waals surface area contributed by atoms with E-state index in [2.05, 4.69) is 54.5 Å². The van der Waals surface area contributed by atoms with E-state index in [-0.39, 0.29) is 5.54 Å². The number of nitrogens with zero attached hydrogens (tertiary/aromatic N) is 5. The van der Waals surface area contributed by atoms with Gasteiger partial charge in [0.25, 0.3) is 0 Å². The molecule has 1 saturated carbocycles. The van der Waals surface area contributed by atoms with Gasteiger partial charge in [-0.25, -0.2) is 4.98 Å². The van der Waals surface area contributed by atoms with Crippen molar-refractivity contribution in [2.45, 2.75) is 44.2 Å². The molecule has 3 aliphatic rings. The van der Waals surface area contributed by atoms with Crippen LogP contribution < -0.4 is 15.5 Å². The van der Waals surface area contributed by atoms with E-state index in [1.807, 2.05) is 13.2 Å². The van der Waals surface area contributed by atoms with Crippen LogP contribution in [0.15, 0.2) is 23.3 Å². The number of guanidine groups is 1. The van der Waals surface area contributed by atoms with Crippen LogP contribution in [0.1, 0.15) is 37.7 Å². The van der Waals surface area contributed by atoms with Gasteiger partial charge in [-0.05, 0) is 37.6 Å². The van der Waals surface area contributed by atoms with Crippen LogP contribution in [-0.2, 0) is 11.3 Å². The summed E-state index contributed by atoms with van der Waals surface area (Å²) < 4.78 is 5.62. The van der Waals surface area contributed by atoms with Crippen molar-refractivity contribution in [1.82, 2.24) is 25.4 Å². The second kappa shape index (κ2) is 11.3. The zero-order valence-electron chi connectivity index (χ0n) is 20.0. The third-order valence-corrected chi connectivity index (χ3v) is 7.37. The van der Waals surface area contributed by atoms with Crippen molar-refractivity contribution >= 4 is 11.8 Å². The largest absolute Gasteiger partial charge is 0.379 e. The predicted molar refractivity (Wildman–Crippen MR) is 130 cm³/mol. The summed E-state index contributed by atoms with van der Waals surface area (Å²) in [5.41, 5.74) is 1.46. The molecule has 4 rings (SSSR count). The van der Waals surface area contributed by atoms with E-state index in [9.17, 15) is 0 Å². The first-order valence-corrected chi connectivity index (χ1v) is 12.3. The number of aromatic nitrogens is 1. The van der Waals surface area contributed by atoms with Gasteiger partial charge in [-0.1, -0.05) is 19.3 Å². The van der Waals surface area contributed by atoms with Gasteiger partial charge in [0.15, 0.2) is 5.96 Å². The highest BCUT2D eigenvalue weighted by molar-refractivity contribution is 5.79. The summed E-state index contributed by atoms with van der Waals surface area (Å²) in [5, 5.41) is 7.18. The molecule has 2 saturated heterocycles. The van der Waals surface area contributed by atoms with Crippen LogP contribution in [0.5, 0.6) is 0 Å². The van der Waals surface area contributed by atoms with Gasteiger partial charge in [-0.2, -0.15) is 0 Å². The number of aliphatic imine (C=N–C) groups is 1.